The second-order valence-corrected chi connectivity index (χ2v) is 11.2. The van der Waals surface area contributed by atoms with Crippen LogP contribution in [0, 0.1) is 0 Å². The van der Waals surface area contributed by atoms with E-state index in [9.17, 15) is 8.42 Å². The van der Waals surface area contributed by atoms with Crippen LogP contribution in [-0.4, -0.2) is 45.6 Å². The molecule has 174 valence electrons. The molecule has 0 spiro atoms. The Hall–Kier alpha value is -2.95. The molecule has 8 nitrogen and oxygen atoms in total. The van der Waals surface area contributed by atoms with Crippen LogP contribution >= 0.6 is 15.9 Å². The third-order valence-electron chi connectivity index (χ3n) is 5.84. The lowest BCUT2D eigenvalue weighted by molar-refractivity contribution is 0.379. The number of aromatic nitrogens is 4. The van der Waals surface area contributed by atoms with E-state index < -0.39 is 10.0 Å². The molecule has 10 heteroatoms. The van der Waals surface area contributed by atoms with Crippen LogP contribution in [0.3, 0.4) is 0 Å². The molecular formula is C24H22BrN5O3S. The Morgan fingerprint density at radius 1 is 0.971 bits per heavy atom. The van der Waals surface area contributed by atoms with Gasteiger partial charge in [0.2, 0.25) is 21.7 Å². The molecule has 5 rings (SSSR count). The maximum atomic E-state index is 11.8. The number of sulfonamides is 1. The first-order valence-electron chi connectivity index (χ1n) is 10.8. The van der Waals surface area contributed by atoms with Crippen LogP contribution in [0.5, 0.6) is 0 Å². The molecule has 0 saturated carbocycles. The van der Waals surface area contributed by atoms with Crippen LogP contribution in [0.4, 0.5) is 0 Å². The van der Waals surface area contributed by atoms with Gasteiger partial charge in [-0.05, 0) is 51.5 Å². The first-order chi connectivity index (χ1) is 16.3. The Morgan fingerprint density at radius 3 is 2.44 bits per heavy atom. The van der Waals surface area contributed by atoms with E-state index in [4.69, 9.17) is 4.52 Å². The van der Waals surface area contributed by atoms with E-state index >= 15 is 0 Å². The summed E-state index contributed by atoms with van der Waals surface area (Å²) in [6.45, 7) is 0.887. The molecular weight excluding hydrogens is 518 g/mol. The minimum absolute atomic E-state index is 0.401. The van der Waals surface area contributed by atoms with Gasteiger partial charge >= 0.3 is 0 Å². The summed E-state index contributed by atoms with van der Waals surface area (Å²) in [5, 5.41) is 4.15. The minimum Gasteiger partial charge on any atom is -0.339 e. The normalized spacial score (nSPS) is 14.2. The quantitative estimate of drug-likeness (QED) is 0.364. The van der Waals surface area contributed by atoms with E-state index in [0.29, 0.717) is 43.5 Å². The highest BCUT2D eigenvalue weighted by Crippen LogP contribution is 2.26. The maximum Gasteiger partial charge on any atom is 0.227 e. The summed E-state index contributed by atoms with van der Waals surface area (Å²) in [4.78, 5) is 13.2. The van der Waals surface area contributed by atoms with Crippen LogP contribution in [-0.2, 0) is 35.8 Å². The van der Waals surface area contributed by atoms with Gasteiger partial charge in [0.25, 0.3) is 0 Å². The first-order valence-corrected chi connectivity index (χ1v) is 13.5. The van der Waals surface area contributed by atoms with Crippen molar-refractivity contribution in [3.63, 3.8) is 0 Å². The third kappa shape index (κ3) is 5.08. The Morgan fingerprint density at radius 2 is 1.71 bits per heavy atom. The summed E-state index contributed by atoms with van der Waals surface area (Å²) in [5.74, 6) is 1.81. The molecule has 2 aromatic carbocycles. The Balaban J connectivity index is 1.23. The number of hydrogen-bond donors (Lipinski definition) is 0. The van der Waals surface area contributed by atoms with E-state index in [2.05, 4.69) is 48.2 Å². The van der Waals surface area contributed by atoms with E-state index in [-0.39, 0.29) is 0 Å². The number of hydrogen-bond acceptors (Lipinski definition) is 7. The monoisotopic (exact) mass is 539 g/mol. The molecule has 0 atom stereocenters. The number of rotatable bonds is 6. The molecule has 1 aliphatic rings. The summed E-state index contributed by atoms with van der Waals surface area (Å²) in [5.41, 5.74) is 5.13. The van der Waals surface area contributed by atoms with Crippen molar-refractivity contribution >= 4 is 26.0 Å². The predicted octanol–water partition coefficient (Wildman–Crippen LogP) is 4.06. The average molecular weight is 540 g/mol. The molecule has 2 aromatic heterocycles. The Labute approximate surface area is 206 Å². The number of benzene rings is 2. The Bertz CT molecular complexity index is 1420. The molecule has 0 aliphatic carbocycles. The zero-order valence-corrected chi connectivity index (χ0v) is 20.9. The predicted molar refractivity (Wildman–Crippen MR) is 131 cm³/mol. The van der Waals surface area contributed by atoms with Crippen molar-refractivity contribution in [2.45, 2.75) is 25.8 Å². The zero-order chi connectivity index (χ0) is 23.7. The van der Waals surface area contributed by atoms with Gasteiger partial charge in [0.1, 0.15) is 0 Å². The fourth-order valence-corrected chi connectivity index (χ4v) is 4.96. The van der Waals surface area contributed by atoms with Gasteiger partial charge in [0.05, 0.1) is 10.7 Å². The molecule has 34 heavy (non-hydrogen) atoms. The van der Waals surface area contributed by atoms with Crippen molar-refractivity contribution in [2.75, 3.05) is 12.8 Å². The number of aryl methyl sites for hydroxylation is 2. The molecule has 0 unspecified atom stereocenters. The van der Waals surface area contributed by atoms with Crippen molar-refractivity contribution in [1.29, 1.82) is 0 Å². The minimum atomic E-state index is -3.19. The van der Waals surface area contributed by atoms with Gasteiger partial charge in [-0.3, -0.25) is 0 Å². The van der Waals surface area contributed by atoms with Gasteiger partial charge < -0.3 is 4.52 Å². The lowest BCUT2D eigenvalue weighted by Crippen LogP contribution is -2.35. The van der Waals surface area contributed by atoms with Crippen molar-refractivity contribution in [3.05, 3.63) is 81.9 Å². The van der Waals surface area contributed by atoms with Crippen LogP contribution in [0.25, 0.3) is 22.8 Å². The maximum absolute atomic E-state index is 11.8. The zero-order valence-electron chi connectivity index (χ0n) is 18.5. The number of nitrogens with zero attached hydrogens (tertiary/aromatic N) is 5. The van der Waals surface area contributed by atoms with Crippen LogP contribution in [0.2, 0.25) is 0 Å². The van der Waals surface area contributed by atoms with Gasteiger partial charge in [-0.15, -0.1) is 0 Å². The van der Waals surface area contributed by atoms with Gasteiger partial charge in [-0.1, -0.05) is 41.6 Å². The van der Waals surface area contributed by atoms with E-state index in [0.717, 1.165) is 38.7 Å². The lowest BCUT2D eigenvalue weighted by Gasteiger charge is -2.26. The SMILES string of the molecule is CS(=O)(=O)N1CCc2cc(-c3noc(CCc4ccc(-c5ncc(Br)cn5)cc4)n3)ccc2C1. The third-order valence-corrected chi connectivity index (χ3v) is 7.50. The van der Waals surface area contributed by atoms with Crippen LogP contribution in [0.1, 0.15) is 22.6 Å². The van der Waals surface area contributed by atoms with Crippen LogP contribution in [0.15, 0.2) is 63.9 Å². The summed E-state index contributed by atoms with van der Waals surface area (Å²) < 4.78 is 31.5. The van der Waals surface area contributed by atoms with Crippen molar-refractivity contribution in [2.24, 2.45) is 0 Å². The summed E-state index contributed by atoms with van der Waals surface area (Å²) in [6.07, 6.45) is 6.79. The smallest absolute Gasteiger partial charge is 0.227 e. The molecule has 3 heterocycles. The highest BCUT2D eigenvalue weighted by Gasteiger charge is 2.23. The summed E-state index contributed by atoms with van der Waals surface area (Å²) in [7, 11) is -3.19. The second kappa shape index (κ2) is 9.36. The fraction of sp³-hybridized carbons (Fsp3) is 0.250. The summed E-state index contributed by atoms with van der Waals surface area (Å²) in [6, 6.07) is 14.0. The molecule has 4 aromatic rings. The second-order valence-electron chi connectivity index (χ2n) is 8.26. The molecule has 0 N–H and O–H groups in total. The molecule has 0 radical (unpaired) electrons. The van der Waals surface area contributed by atoms with Crippen molar-refractivity contribution in [3.8, 4) is 22.8 Å². The van der Waals surface area contributed by atoms with Crippen molar-refractivity contribution in [1.82, 2.24) is 24.4 Å². The molecule has 0 fully saturated rings. The van der Waals surface area contributed by atoms with E-state index in [1.165, 1.54) is 10.6 Å². The van der Waals surface area contributed by atoms with Gasteiger partial charge in [-0.25, -0.2) is 18.4 Å². The average Bonchev–Trinajstić information content (AvgIpc) is 3.31. The number of fused-ring (bicyclic) bond motifs is 1. The standard InChI is InChI=1S/C24H22BrN5O3S/c1-34(31,32)30-11-10-18-12-19(7-8-20(18)15-30)24-28-22(33-29-24)9-4-16-2-5-17(6-3-16)23-26-13-21(25)14-27-23/h2-3,5-8,12-14H,4,9-11,15H2,1H3. The van der Waals surface area contributed by atoms with Gasteiger partial charge in [-0.2, -0.15) is 9.29 Å². The highest BCUT2D eigenvalue weighted by atomic mass is 79.9. The van der Waals surface area contributed by atoms with Gasteiger partial charge in [0, 0.05) is 43.0 Å². The Kier molecular flexibility index (Phi) is 6.28. The van der Waals surface area contributed by atoms with E-state index in [1.54, 1.807) is 12.4 Å². The highest BCUT2D eigenvalue weighted by molar-refractivity contribution is 9.10. The van der Waals surface area contributed by atoms with Gasteiger partial charge in [0.15, 0.2) is 5.82 Å². The summed E-state index contributed by atoms with van der Waals surface area (Å²) >= 11 is 3.35. The number of halogens is 1. The first kappa shape index (κ1) is 22.8. The fourth-order valence-electron chi connectivity index (χ4n) is 3.96. The molecule has 0 amide bonds. The largest absolute Gasteiger partial charge is 0.339 e. The molecule has 0 bridgehead atoms. The van der Waals surface area contributed by atoms with Crippen LogP contribution < -0.4 is 0 Å². The van der Waals surface area contributed by atoms with Crippen molar-refractivity contribution < 1.29 is 12.9 Å². The van der Waals surface area contributed by atoms with E-state index in [1.807, 2.05) is 30.3 Å². The topological polar surface area (TPSA) is 102 Å². The molecule has 1 aliphatic heterocycles. The molecule has 0 saturated heterocycles. The lowest BCUT2D eigenvalue weighted by atomic mass is 9.98.